The molecule has 13 heteroatoms. The number of carbonyl (C=O) groups is 2. The van der Waals surface area contributed by atoms with Crippen molar-refractivity contribution in [3.8, 4) is 0 Å². The first kappa shape index (κ1) is 24.4. The molecule has 170 valence electrons. The first-order chi connectivity index (χ1) is 14.8. The van der Waals surface area contributed by atoms with Gasteiger partial charge in [0.05, 0.1) is 11.3 Å². The Morgan fingerprint density at radius 1 is 1.03 bits per heavy atom. The number of amidine groups is 1. The van der Waals surface area contributed by atoms with E-state index in [0.29, 0.717) is 21.7 Å². The Hall–Kier alpha value is -2.20. The maximum absolute atomic E-state index is 13.1. The van der Waals surface area contributed by atoms with Gasteiger partial charge < -0.3 is 5.32 Å². The van der Waals surface area contributed by atoms with Crippen LogP contribution in [0.1, 0.15) is 5.56 Å². The van der Waals surface area contributed by atoms with Crippen molar-refractivity contribution in [1.82, 2.24) is 4.90 Å². The highest BCUT2D eigenvalue weighted by Crippen LogP contribution is 2.35. The molecule has 3 amide bonds. The summed E-state index contributed by atoms with van der Waals surface area (Å²) in [6.45, 7) is 0. The van der Waals surface area contributed by atoms with Crippen LogP contribution in [0.2, 0.25) is 5.02 Å². The van der Waals surface area contributed by atoms with Crippen LogP contribution >= 0.6 is 46.4 Å². The summed E-state index contributed by atoms with van der Waals surface area (Å²) in [4.78, 5) is 31.1. The zero-order chi connectivity index (χ0) is 23.8. The number of carbonyl (C=O) groups excluding carboxylic acids is 2. The molecule has 1 aliphatic heterocycles. The monoisotopic (exact) mass is 526 g/mol. The number of nitrogens with zero attached hydrogens (tertiary/aromatic N) is 3. The van der Waals surface area contributed by atoms with E-state index in [2.05, 4.69) is 10.3 Å². The number of benzene rings is 2. The third kappa shape index (κ3) is 5.23. The van der Waals surface area contributed by atoms with E-state index in [1.807, 2.05) is 0 Å². The van der Waals surface area contributed by atoms with E-state index in [1.54, 1.807) is 24.3 Å². The molecule has 6 nitrogen and oxygen atoms in total. The molecule has 1 aliphatic rings. The molecule has 1 N–H and O–H groups in total. The van der Waals surface area contributed by atoms with Crippen molar-refractivity contribution < 1.29 is 22.8 Å². The van der Waals surface area contributed by atoms with Crippen LogP contribution in [0.15, 0.2) is 53.5 Å². The number of alkyl halides is 6. The minimum Gasteiger partial charge on any atom is -0.360 e. The van der Waals surface area contributed by atoms with Crippen LogP contribution in [0.4, 0.5) is 29.3 Å². The van der Waals surface area contributed by atoms with Gasteiger partial charge in [0.25, 0.3) is 0 Å². The van der Waals surface area contributed by atoms with Crippen molar-refractivity contribution in [2.45, 2.75) is 16.1 Å². The average Bonchev–Trinajstić information content (AvgIpc) is 2.91. The van der Waals surface area contributed by atoms with Crippen molar-refractivity contribution in [3.63, 3.8) is 0 Å². The molecule has 2 aromatic rings. The van der Waals surface area contributed by atoms with E-state index in [0.717, 1.165) is 17.0 Å². The molecule has 32 heavy (non-hydrogen) atoms. The lowest BCUT2D eigenvalue weighted by atomic mass is 10.2. The Kier molecular flexibility index (Phi) is 6.86. The van der Waals surface area contributed by atoms with E-state index >= 15 is 0 Å². The van der Waals surface area contributed by atoms with Gasteiger partial charge >= 0.3 is 18.1 Å². The number of imide groups is 1. The fraction of sp³-hybridized carbons (Fsp3) is 0.211. The largest absolute Gasteiger partial charge is 0.416 e. The number of hydrogen-bond donors (Lipinski definition) is 1. The fourth-order valence-corrected chi connectivity index (χ4v) is 3.21. The molecule has 2 aromatic carbocycles. The van der Waals surface area contributed by atoms with Crippen molar-refractivity contribution in [3.05, 3.63) is 59.1 Å². The zero-order valence-corrected chi connectivity index (χ0v) is 19.0. The van der Waals surface area contributed by atoms with Gasteiger partial charge in [-0.2, -0.15) is 13.2 Å². The SMILES string of the molecule is CN1C(=O)N(c2cccc(C(F)(F)F)c2)C(=O)C1=NC(Nc1ccc(Cl)cc1)C(Cl)(Cl)Cl. The second-order valence-electron chi connectivity index (χ2n) is 6.58. The molecule has 0 aromatic heterocycles. The molecule has 0 radical (unpaired) electrons. The highest BCUT2D eigenvalue weighted by molar-refractivity contribution is 6.68. The molecule has 1 unspecified atom stereocenters. The third-order valence-electron chi connectivity index (χ3n) is 4.33. The van der Waals surface area contributed by atoms with Crippen LogP contribution in [-0.4, -0.2) is 39.7 Å². The van der Waals surface area contributed by atoms with Crippen molar-refractivity contribution in [1.29, 1.82) is 0 Å². The molecule has 1 atom stereocenters. The number of halogens is 7. The number of anilines is 2. The molecule has 0 spiro atoms. The molecule has 1 fully saturated rings. The number of urea groups is 1. The number of rotatable bonds is 4. The van der Waals surface area contributed by atoms with Crippen molar-refractivity contribution in [2.75, 3.05) is 17.3 Å². The number of aliphatic imine (C=N–C) groups is 1. The summed E-state index contributed by atoms with van der Waals surface area (Å²) < 4.78 is 37.1. The lowest BCUT2D eigenvalue weighted by molar-refractivity contribution is -0.137. The van der Waals surface area contributed by atoms with Gasteiger partial charge in [-0.25, -0.2) is 14.7 Å². The summed E-state index contributed by atoms with van der Waals surface area (Å²) in [6.07, 6.45) is -5.99. The zero-order valence-electron chi connectivity index (χ0n) is 16.0. The summed E-state index contributed by atoms with van der Waals surface area (Å²) in [6, 6.07) is 9.16. The van der Waals surface area contributed by atoms with Gasteiger partial charge in [-0.1, -0.05) is 52.5 Å². The topological polar surface area (TPSA) is 65.0 Å². The van der Waals surface area contributed by atoms with Crippen LogP contribution in [0.25, 0.3) is 0 Å². The van der Waals surface area contributed by atoms with Crippen LogP contribution in [0.5, 0.6) is 0 Å². The van der Waals surface area contributed by atoms with Gasteiger partial charge in [-0.15, -0.1) is 0 Å². The molecule has 0 bridgehead atoms. The lowest BCUT2D eigenvalue weighted by Crippen LogP contribution is -2.36. The molecular formula is C19H13Cl4F3N4O2. The summed E-state index contributed by atoms with van der Waals surface area (Å²) in [5, 5.41) is 3.27. The lowest BCUT2D eigenvalue weighted by Gasteiger charge is -2.24. The number of likely N-dealkylation sites (N-methyl/N-ethyl adjacent to an activating group) is 1. The van der Waals surface area contributed by atoms with E-state index in [1.165, 1.54) is 13.1 Å². The van der Waals surface area contributed by atoms with Gasteiger partial charge in [0, 0.05) is 17.8 Å². The molecule has 0 aliphatic carbocycles. The predicted molar refractivity (Wildman–Crippen MR) is 119 cm³/mol. The van der Waals surface area contributed by atoms with Gasteiger partial charge in [-0.05, 0) is 42.5 Å². The van der Waals surface area contributed by atoms with Gasteiger partial charge in [0.2, 0.25) is 9.63 Å². The van der Waals surface area contributed by atoms with E-state index in [-0.39, 0.29) is 5.69 Å². The molecular weight excluding hydrogens is 515 g/mol. The van der Waals surface area contributed by atoms with Gasteiger partial charge in [-0.3, -0.25) is 9.69 Å². The Bertz CT molecular complexity index is 1070. The Morgan fingerprint density at radius 3 is 2.22 bits per heavy atom. The van der Waals surface area contributed by atoms with E-state index in [9.17, 15) is 22.8 Å². The van der Waals surface area contributed by atoms with E-state index < -0.39 is 39.5 Å². The Balaban J connectivity index is 1.97. The standard InChI is InChI=1S/C19H13Cl4F3N4O2/c1-29-14(28-16(18(21,22)23)27-12-7-5-11(20)6-8-12)15(31)30(17(29)32)13-4-2-3-10(9-13)19(24,25)26/h2-9,16,27H,1H3. The Labute approximate surface area is 200 Å². The summed E-state index contributed by atoms with van der Waals surface area (Å²) in [5.41, 5.74) is -0.848. The molecule has 0 saturated carbocycles. The molecule has 1 saturated heterocycles. The summed E-state index contributed by atoms with van der Waals surface area (Å²) >= 11 is 23.8. The maximum Gasteiger partial charge on any atom is 0.416 e. The first-order valence-corrected chi connectivity index (χ1v) is 10.3. The summed E-state index contributed by atoms with van der Waals surface area (Å²) in [7, 11) is 1.23. The average molecular weight is 528 g/mol. The predicted octanol–water partition coefficient (Wildman–Crippen LogP) is 5.96. The third-order valence-corrected chi connectivity index (χ3v) is 5.20. The van der Waals surface area contributed by atoms with Gasteiger partial charge in [0.15, 0.2) is 6.17 Å². The van der Waals surface area contributed by atoms with Crippen LogP contribution in [-0.2, 0) is 11.0 Å². The Morgan fingerprint density at radius 2 is 1.66 bits per heavy atom. The maximum atomic E-state index is 13.1. The van der Waals surface area contributed by atoms with Crippen LogP contribution < -0.4 is 10.2 Å². The molecule has 3 rings (SSSR count). The normalized spacial score (nSPS) is 17.3. The second kappa shape index (κ2) is 8.97. The van der Waals surface area contributed by atoms with E-state index in [4.69, 9.17) is 46.4 Å². The quantitative estimate of drug-likeness (QED) is 0.394. The number of hydrogen-bond acceptors (Lipinski definition) is 4. The minimum absolute atomic E-state index is 0.275. The summed E-state index contributed by atoms with van der Waals surface area (Å²) in [5.74, 6) is -1.40. The smallest absolute Gasteiger partial charge is 0.360 e. The first-order valence-electron chi connectivity index (χ1n) is 8.75. The number of nitrogens with one attached hydrogen (secondary N) is 1. The molecule has 1 heterocycles. The van der Waals surface area contributed by atoms with Crippen LogP contribution in [0, 0.1) is 0 Å². The van der Waals surface area contributed by atoms with Crippen LogP contribution in [0.3, 0.4) is 0 Å². The highest BCUT2D eigenvalue weighted by atomic mass is 35.6. The number of amides is 3. The van der Waals surface area contributed by atoms with Crippen molar-refractivity contribution in [2.24, 2.45) is 4.99 Å². The highest BCUT2D eigenvalue weighted by Gasteiger charge is 2.44. The fourth-order valence-electron chi connectivity index (χ4n) is 2.78. The van der Waals surface area contributed by atoms with Gasteiger partial charge in [0.1, 0.15) is 0 Å². The minimum atomic E-state index is -4.66. The van der Waals surface area contributed by atoms with Crippen molar-refractivity contribution >= 4 is 75.6 Å². The second-order valence-corrected chi connectivity index (χ2v) is 9.38.